The van der Waals surface area contributed by atoms with Crippen molar-refractivity contribution in [1.82, 2.24) is 0 Å². The molecule has 1 aromatic heterocycles. The quantitative estimate of drug-likeness (QED) is 0.573. The normalized spacial score (nSPS) is 12.5. The summed E-state index contributed by atoms with van der Waals surface area (Å²) >= 11 is 1.35. The number of anilines is 1. The topological polar surface area (TPSA) is 89.5 Å². The van der Waals surface area contributed by atoms with E-state index < -0.39 is 22.1 Å². The molecule has 1 heterocycles. The number of aryl methyl sites for hydroxylation is 2. The average molecular weight is 396 g/mol. The fourth-order valence-corrected chi connectivity index (χ4v) is 3.96. The summed E-state index contributed by atoms with van der Waals surface area (Å²) < 4.78 is 30.0. The van der Waals surface area contributed by atoms with Gasteiger partial charge in [0.25, 0.3) is 0 Å². The number of carbonyl (C=O) groups excluding carboxylic acids is 2. The summed E-state index contributed by atoms with van der Waals surface area (Å²) in [4.78, 5) is 26.2. The molecule has 2 rings (SSSR count). The van der Waals surface area contributed by atoms with Gasteiger partial charge in [-0.2, -0.15) is 0 Å². The minimum atomic E-state index is -3.38. The zero-order chi connectivity index (χ0) is 19.5. The highest BCUT2D eigenvalue weighted by Gasteiger charge is 2.22. The van der Waals surface area contributed by atoms with E-state index in [1.165, 1.54) is 42.5 Å². The molecule has 0 radical (unpaired) electrons. The molecule has 1 aromatic carbocycles. The Hall–Kier alpha value is -2.19. The first-order chi connectivity index (χ1) is 12.1. The highest BCUT2D eigenvalue weighted by Crippen LogP contribution is 2.23. The van der Waals surface area contributed by atoms with Crippen LogP contribution in [0.4, 0.5) is 5.69 Å². The smallest absolute Gasteiger partial charge is 0.349 e. The van der Waals surface area contributed by atoms with Crippen LogP contribution in [-0.2, 0) is 21.2 Å². The van der Waals surface area contributed by atoms with Crippen molar-refractivity contribution in [3.05, 3.63) is 51.2 Å². The van der Waals surface area contributed by atoms with Crippen LogP contribution in [-0.4, -0.2) is 32.5 Å². The molecule has 1 N–H and O–H groups in total. The van der Waals surface area contributed by atoms with Crippen molar-refractivity contribution < 1.29 is 22.7 Å². The fraction of sp³-hybridized carbons (Fsp3) is 0.333. The fourth-order valence-electron chi connectivity index (χ4n) is 2.39. The van der Waals surface area contributed by atoms with Gasteiger partial charge in [0.05, 0.1) is 6.26 Å². The number of ether oxygens (including phenoxy) is 1. The van der Waals surface area contributed by atoms with Gasteiger partial charge in [-0.15, -0.1) is 11.3 Å². The van der Waals surface area contributed by atoms with E-state index in [-0.39, 0.29) is 5.78 Å². The van der Waals surface area contributed by atoms with Gasteiger partial charge in [0.15, 0.2) is 6.10 Å². The zero-order valence-corrected chi connectivity index (χ0v) is 16.7. The first kappa shape index (κ1) is 20.1. The van der Waals surface area contributed by atoms with E-state index in [4.69, 9.17) is 4.74 Å². The first-order valence-corrected chi connectivity index (χ1v) is 10.7. The van der Waals surface area contributed by atoms with E-state index in [9.17, 15) is 18.0 Å². The Bertz CT molecular complexity index is 914. The Kier molecular flexibility index (Phi) is 6.20. The molecule has 6 nitrogen and oxygen atoms in total. The van der Waals surface area contributed by atoms with E-state index >= 15 is 0 Å². The van der Waals surface area contributed by atoms with Gasteiger partial charge in [-0.3, -0.25) is 9.52 Å². The molecule has 140 valence electrons. The second-order valence-corrected chi connectivity index (χ2v) is 8.91. The maximum atomic E-state index is 12.4. The van der Waals surface area contributed by atoms with Crippen molar-refractivity contribution in [3.8, 4) is 0 Å². The highest BCUT2D eigenvalue weighted by atomic mass is 32.2. The van der Waals surface area contributed by atoms with E-state index in [1.54, 1.807) is 6.07 Å². The van der Waals surface area contributed by atoms with Gasteiger partial charge in [-0.1, -0.05) is 6.92 Å². The van der Waals surface area contributed by atoms with Gasteiger partial charge >= 0.3 is 5.97 Å². The maximum absolute atomic E-state index is 12.4. The molecule has 0 aliphatic heterocycles. The second kappa shape index (κ2) is 8.01. The van der Waals surface area contributed by atoms with Crippen molar-refractivity contribution in [1.29, 1.82) is 0 Å². The van der Waals surface area contributed by atoms with Crippen LogP contribution in [0.5, 0.6) is 0 Å². The second-order valence-electron chi connectivity index (χ2n) is 5.91. The summed E-state index contributed by atoms with van der Waals surface area (Å²) in [6.07, 6.45) is 0.936. The van der Waals surface area contributed by atoms with Crippen molar-refractivity contribution in [2.75, 3.05) is 11.0 Å². The Morgan fingerprint density at radius 1 is 1.23 bits per heavy atom. The van der Waals surface area contributed by atoms with E-state index in [0.29, 0.717) is 16.1 Å². The number of nitrogens with one attached hydrogen (secondary N) is 1. The standard InChI is InChI=1S/C18H21NO5S2/c1-5-13-10-16(25-12(13)3)18(21)24-11(2)17(20)14-6-8-15(9-7-14)19-26(4,22)23/h6-11,19H,5H2,1-4H3/t11-/m1/s1. The average Bonchev–Trinajstić information content (AvgIpc) is 2.94. The maximum Gasteiger partial charge on any atom is 0.349 e. The van der Waals surface area contributed by atoms with Crippen molar-refractivity contribution in [2.45, 2.75) is 33.3 Å². The molecule has 0 unspecified atom stereocenters. The predicted octanol–water partition coefficient (Wildman–Crippen LogP) is 3.42. The monoisotopic (exact) mass is 395 g/mol. The van der Waals surface area contributed by atoms with Gasteiger partial charge in [-0.05, 0) is 56.2 Å². The minimum Gasteiger partial charge on any atom is -0.450 e. The molecule has 2 aromatic rings. The lowest BCUT2D eigenvalue weighted by Crippen LogP contribution is -2.24. The zero-order valence-electron chi connectivity index (χ0n) is 15.0. The number of ketones is 1. The molecule has 0 aliphatic carbocycles. The van der Waals surface area contributed by atoms with Gasteiger partial charge in [0, 0.05) is 16.1 Å². The summed E-state index contributed by atoms with van der Waals surface area (Å²) in [6.45, 7) is 5.48. The summed E-state index contributed by atoms with van der Waals surface area (Å²) in [5.74, 6) is -0.873. The summed E-state index contributed by atoms with van der Waals surface area (Å²) in [5.41, 5.74) is 1.78. The molecule has 0 saturated heterocycles. The van der Waals surface area contributed by atoms with E-state index in [1.807, 2.05) is 13.8 Å². The number of hydrogen-bond acceptors (Lipinski definition) is 6. The molecule has 0 aliphatic rings. The van der Waals surface area contributed by atoms with Crippen LogP contribution < -0.4 is 4.72 Å². The van der Waals surface area contributed by atoms with Crippen LogP contribution in [0.3, 0.4) is 0 Å². The highest BCUT2D eigenvalue weighted by molar-refractivity contribution is 7.92. The third-order valence-electron chi connectivity index (χ3n) is 3.73. The molecule has 0 amide bonds. The predicted molar refractivity (Wildman–Crippen MR) is 103 cm³/mol. The summed E-state index contributed by atoms with van der Waals surface area (Å²) in [6, 6.07) is 7.75. The Labute approximate surface area is 157 Å². The van der Waals surface area contributed by atoms with Crippen LogP contribution in [0, 0.1) is 6.92 Å². The first-order valence-electron chi connectivity index (χ1n) is 8.03. The van der Waals surface area contributed by atoms with Gasteiger partial charge in [-0.25, -0.2) is 13.2 Å². The Morgan fingerprint density at radius 3 is 2.35 bits per heavy atom. The number of carbonyl (C=O) groups is 2. The number of esters is 1. The molecule has 0 fully saturated rings. The molecular formula is C18H21NO5S2. The van der Waals surface area contributed by atoms with Crippen molar-refractivity contribution in [2.24, 2.45) is 0 Å². The van der Waals surface area contributed by atoms with Gasteiger partial charge in [0.2, 0.25) is 15.8 Å². The number of rotatable bonds is 7. The molecule has 0 saturated carbocycles. The lowest BCUT2D eigenvalue weighted by molar-refractivity contribution is 0.0323. The van der Waals surface area contributed by atoms with Crippen molar-refractivity contribution >= 4 is 38.8 Å². The van der Waals surface area contributed by atoms with Gasteiger partial charge in [0.1, 0.15) is 4.88 Å². The van der Waals surface area contributed by atoms with Crippen LogP contribution in [0.1, 0.15) is 44.3 Å². The molecule has 1 atom stereocenters. The molecule has 26 heavy (non-hydrogen) atoms. The minimum absolute atomic E-state index is 0.334. The van der Waals surface area contributed by atoms with E-state index in [2.05, 4.69) is 4.72 Å². The number of Topliss-reactive ketones (excluding diaryl/α,β-unsaturated/α-hetero) is 1. The molecule has 0 bridgehead atoms. The molecule has 0 spiro atoms. The Morgan fingerprint density at radius 2 is 1.85 bits per heavy atom. The van der Waals surface area contributed by atoms with Crippen LogP contribution >= 0.6 is 11.3 Å². The molecular weight excluding hydrogens is 374 g/mol. The number of sulfonamides is 1. The SMILES string of the molecule is CCc1cc(C(=O)O[C@H](C)C(=O)c2ccc(NS(C)(=O)=O)cc2)sc1C. The lowest BCUT2D eigenvalue weighted by atomic mass is 10.1. The Balaban J connectivity index is 2.05. The summed E-state index contributed by atoms with van der Waals surface area (Å²) in [5, 5.41) is 0. The van der Waals surface area contributed by atoms with E-state index in [0.717, 1.165) is 23.1 Å². The lowest BCUT2D eigenvalue weighted by Gasteiger charge is -2.12. The van der Waals surface area contributed by atoms with Crippen molar-refractivity contribution in [3.63, 3.8) is 0 Å². The third-order valence-corrected chi connectivity index (χ3v) is 5.41. The molecule has 8 heteroatoms. The number of hydrogen-bond donors (Lipinski definition) is 1. The number of benzene rings is 1. The van der Waals surface area contributed by atoms with Crippen LogP contribution in [0.15, 0.2) is 30.3 Å². The summed E-state index contributed by atoms with van der Waals surface area (Å²) in [7, 11) is -3.38. The van der Waals surface area contributed by atoms with Crippen LogP contribution in [0.2, 0.25) is 0 Å². The van der Waals surface area contributed by atoms with Crippen LogP contribution in [0.25, 0.3) is 0 Å². The van der Waals surface area contributed by atoms with Gasteiger partial charge < -0.3 is 4.74 Å². The third kappa shape index (κ3) is 5.15. The largest absolute Gasteiger partial charge is 0.450 e. The number of thiophene rings is 1.